The molecule has 0 N–H and O–H groups in total. The van der Waals surface area contributed by atoms with Crippen LogP contribution in [0.2, 0.25) is 0 Å². The Bertz CT molecular complexity index is 2680. The lowest BCUT2D eigenvalue weighted by Gasteiger charge is -2.22. The molecule has 0 unspecified atom stereocenters. The Morgan fingerprint density at radius 1 is 0.373 bits per heavy atom. The minimum atomic E-state index is 0.689. The fourth-order valence-corrected chi connectivity index (χ4v) is 7.20. The van der Waals surface area contributed by atoms with Crippen molar-refractivity contribution in [1.29, 1.82) is 0 Å². The molecule has 4 nitrogen and oxygen atoms in total. The van der Waals surface area contributed by atoms with Crippen LogP contribution in [0.15, 0.2) is 182 Å². The molecule has 7 aromatic carbocycles. The smallest absolute Gasteiger partial charge is 0.194 e. The highest BCUT2D eigenvalue weighted by atomic mass is 16.6. The van der Waals surface area contributed by atoms with E-state index in [1.54, 1.807) is 0 Å². The standard InChI is InChI=1S/C47H30N2O2/c1-4-13-31(14-5-1)34-23-25-42-39(28-34)38-24-26-45-47(51-44-22-11-10-21-43(44)50-45)46(38)49(42)37-20-12-19-35(27-37)41-30-36(32-15-6-2-7-16-32)29-40(48-41)33-17-8-3-9-18-33/h1-30H. The number of nitrogens with zero attached hydrogens (tertiary/aromatic N) is 2. The first-order chi connectivity index (χ1) is 25.3. The van der Waals surface area contributed by atoms with Crippen LogP contribution in [0.4, 0.5) is 0 Å². The van der Waals surface area contributed by atoms with Crippen molar-refractivity contribution in [3.05, 3.63) is 182 Å². The highest BCUT2D eigenvalue weighted by Gasteiger charge is 2.26. The largest absolute Gasteiger partial charge is 0.449 e. The summed E-state index contributed by atoms with van der Waals surface area (Å²) in [5.74, 6) is 2.79. The summed E-state index contributed by atoms with van der Waals surface area (Å²) in [6, 6.07) is 63.1. The Kier molecular flexibility index (Phi) is 6.78. The van der Waals surface area contributed by atoms with E-state index in [4.69, 9.17) is 14.5 Å². The van der Waals surface area contributed by atoms with Crippen LogP contribution in [0.1, 0.15) is 0 Å². The van der Waals surface area contributed by atoms with Gasteiger partial charge in [-0.1, -0.05) is 121 Å². The summed E-state index contributed by atoms with van der Waals surface area (Å²) in [4.78, 5) is 5.23. The van der Waals surface area contributed by atoms with Crippen molar-refractivity contribution >= 4 is 21.8 Å². The molecule has 3 heterocycles. The van der Waals surface area contributed by atoms with E-state index < -0.39 is 0 Å². The molecule has 1 aliphatic heterocycles. The lowest BCUT2D eigenvalue weighted by Crippen LogP contribution is -2.02. The minimum absolute atomic E-state index is 0.689. The summed E-state index contributed by atoms with van der Waals surface area (Å²) in [6.45, 7) is 0. The van der Waals surface area contributed by atoms with Crippen molar-refractivity contribution in [2.75, 3.05) is 0 Å². The molecule has 0 radical (unpaired) electrons. The maximum absolute atomic E-state index is 6.68. The van der Waals surface area contributed by atoms with Crippen LogP contribution in [0.25, 0.3) is 72.3 Å². The predicted molar refractivity (Wildman–Crippen MR) is 207 cm³/mol. The van der Waals surface area contributed by atoms with Gasteiger partial charge in [0.15, 0.2) is 23.0 Å². The molecule has 0 amide bonds. The van der Waals surface area contributed by atoms with Gasteiger partial charge in [0.1, 0.15) is 5.52 Å². The second-order valence-corrected chi connectivity index (χ2v) is 12.8. The molecule has 0 fully saturated rings. The number of rotatable bonds is 5. The fraction of sp³-hybridized carbons (Fsp3) is 0. The number of benzene rings is 7. The van der Waals surface area contributed by atoms with Gasteiger partial charge in [-0.15, -0.1) is 0 Å². The van der Waals surface area contributed by atoms with E-state index in [9.17, 15) is 0 Å². The lowest BCUT2D eigenvalue weighted by molar-refractivity contribution is 0.362. The van der Waals surface area contributed by atoms with Crippen LogP contribution in [0.5, 0.6) is 23.0 Å². The van der Waals surface area contributed by atoms with E-state index in [0.29, 0.717) is 23.0 Å². The molecule has 2 aromatic heterocycles. The summed E-state index contributed by atoms with van der Waals surface area (Å²) >= 11 is 0. The predicted octanol–water partition coefficient (Wildman–Crippen LogP) is 12.7. The van der Waals surface area contributed by atoms with E-state index in [2.05, 4.69) is 144 Å². The van der Waals surface area contributed by atoms with Crippen molar-refractivity contribution < 1.29 is 9.47 Å². The molecule has 4 heteroatoms. The molecule has 0 atom stereocenters. The second kappa shape index (κ2) is 11.9. The second-order valence-electron chi connectivity index (χ2n) is 12.8. The number of hydrogen-bond acceptors (Lipinski definition) is 3. The zero-order valence-electron chi connectivity index (χ0n) is 27.5. The third-order valence-electron chi connectivity index (χ3n) is 9.64. The lowest BCUT2D eigenvalue weighted by atomic mass is 10.00. The van der Waals surface area contributed by atoms with Gasteiger partial charge in [0, 0.05) is 27.6 Å². The molecule has 240 valence electrons. The van der Waals surface area contributed by atoms with E-state index in [0.717, 1.165) is 66.7 Å². The van der Waals surface area contributed by atoms with E-state index in [1.807, 2.05) is 42.5 Å². The van der Waals surface area contributed by atoms with Gasteiger partial charge in [0.05, 0.1) is 16.9 Å². The minimum Gasteiger partial charge on any atom is -0.449 e. The fourth-order valence-electron chi connectivity index (χ4n) is 7.20. The monoisotopic (exact) mass is 654 g/mol. The van der Waals surface area contributed by atoms with Crippen molar-refractivity contribution in [3.8, 4) is 73.5 Å². The average Bonchev–Trinajstić information content (AvgIpc) is 3.55. The van der Waals surface area contributed by atoms with Crippen LogP contribution >= 0.6 is 0 Å². The Labute approximate surface area is 295 Å². The van der Waals surface area contributed by atoms with Gasteiger partial charge in [0.2, 0.25) is 0 Å². The van der Waals surface area contributed by atoms with Gasteiger partial charge in [-0.25, -0.2) is 4.98 Å². The Balaban J connectivity index is 1.20. The SMILES string of the molecule is c1ccc(-c2cc(-c3ccccc3)nc(-c3cccc(-n4c5ccc(-c6ccccc6)cc5c5ccc6c(c54)Oc4ccccc4O6)c3)c2)cc1. The molecule has 0 aliphatic carbocycles. The van der Waals surface area contributed by atoms with E-state index in [-0.39, 0.29) is 0 Å². The summed E-state index contributed by atoms with van der Waals surface area (Å²) < 4.78 is 15.4. The molecule has 0 spiro atoms. The summed E-state index contributed by atoms with van der Waals surface area (Å²) in [5, 5.41) is 2.23. The van der Waals surface area contributed by atoms with E-state index in [1.165, 1.54) is 5.56 Å². The first-order valence-corrected chi connectivity index (χ1v) is 17.1. The Morgan fingerprint density at radius 2 is 0.980 bits per heavy atom. The molecule has 0 saturated carbocycles. The topological polar surface area (TPSA) is 36.3 Å². The van der Waals surface area contributed by atoms with Crippen LogP contribution in [-0.2, 0) is 0 Å². The Hall–Kier alpha value is -6.91. The van der Waals surface area contributed by atoms with Crippen LogP contribution in [-0.4, -0.2) is 9.55 Å². The number of fused-ring (bicyclic) bond motifs is 6. The molecule has 0 bridgehead atoms. The first kappa shape index (κ1) is 29.0. The van der Waals surface area contributed by atoms with Gasteiger partial charge in [-0.2, -0.15) is 0 Å². The van der Waals surface area contributed by atoms with Crippen molar-refractivity contribution in [3.63, 3.8) is 0 Å². The molecular formula is C47H30N2O2. The van der Waals surface area contributed by atoms with Crippen LogP contribution in [0.3, 0.4) is 0 Å². The quantitative estimate of drug-likeness (QED) is 0.185. The first-order valence-electron chi connectivity index (χ1n) is 17.1. The van der Waals surface area contributed by atoms with Gasteiger partial charge in [-0.3, -0.25) is 0 Å². The molecule has 10 rings (SSSR count). The van der Waals surface area contributed by atoms with Crippen LogP contribution < -0.4 is 9.47 Å². The number of para-hydroxylation sites is 2. The molecule has 51 heavy (non-hydrogen) atoms. The highest BCUT2D eigenvalue weighted by Crippen LogP contribution is 2.51. The van der Waals surface area contributed by atoms with Crippen molar-refractivity contribution in [1.82, 2.24) is 9.55 Å². The van der Waals surface area contributed by atoms with Gasteiger partial charge in [-0.05, 0) is 82.9 Å². The third-order valence-corrected chi connectivity index (χ3v) is 9.64. The summed E-state index contributed by atoms with van der Waals surface area (Å²) in [7, 11) is 0. The molecule has 1 aliphatic rings. The zero-order valence-corrected chi connectivity index (χ0v) is 27.5. The third kappa shape index (κ3) is 5.04. The Morgan fingerprint density at radius 3 is 1.71 bits per heavy atom. The van der Waals surface area contributed by atoms with E-state index >= 15 is 0 Å². The van der Waals surface area contributed by atoms with Gasteiger partial charge in [0.25, 0.3) is 0 Å². The number of hydrogen-bond donors (Lipinski definition) is 0. The highest BCUT2D eigenvalue weighted by molar-refractivity contribution is 6.13. The number of ether oxygens (including phenoxy) is 2. The molecular weight excluding hydrogens is 625 g/mol. The normalized spacial score (nSPS) is 11.8. The van der Waals surface area contributed by atoms with Crippen molar-refractivity contribution in [2.24, 2.45) is 0 Å². The maximum atomic E-state index is 6.68. The van der Waals surface area contributed by atoms with Gasteiger partial charge < -0.3 is 14.0 Å². The molecule has 0 saturated heterocycles. The van der Waals surface area contributed by atoms with Gasteiger partial charge >= 0.3 is 0 Å². The maximum Gasteiger partial charge on any atom is 0.194 e. The average molecular weight is 655 g/mol. The van der Waals surface area contributed by atoms with Crippen molar-refractivity contribution in [2.45, 2.75) is 0 Å². The zero-order chi connectivity index (χ0) is 33.7. The molecule has 9 aromatic rings. The number of aromatic nitrogens is 2. The van der Waals surface area contributed by atoms with Crippen LogP contribution in [0, 0.1) is 0 Å². The number of pyridine rings is 1. The summed E-state index contributed by atoms with van der Waals surface area (Å²) in [5.41, 5.74) is 11.6. The summed E-state index contributed by atoms with van der Waals surface area (Å²) in [6.07, 6.45) is 0.